The molecule has 0 spiro atoms. The first-order chi connectivity index (χ1) is 12.9. The normalized spacial score (nSPS) is 10.8. The average molecular weight is 335 g/mol. The largest absolute Gasteiger partial charge is 0.360 e. The second kappa shape index (κ2) is 5.87. The lowest BCUT2D eigenvalue weighted by molar-refractivity contribution is 0.930. The first-order valence-electron chi connectivity index (χ1n) is 8.22. The summed E-state index contributed by atoms with van der Waals surface area (Å²) in [5.41, 5.74) is 6.20. The third-order valence-corrected chi connectivity index (χ3v) is 4.17. The van der Waals surface area contributed by atoms with Crippen molar-refractivity contribution in [2.45, 2.75) is 0 Å². The fourth-order valence-corrected chi connectivity index (χ4v) is 2.86. The monoisotopic (exact) mass is 335 g/mol. The minimum atomic E-state index is 0.740. The summed E-state index contributed by atoms with van der Waals surface area (Å²) in [5.74, 6) is 6.30. The van der Waals surface area contributed by atoms with Gasteiger partial charge in [-0.2, -0.15) is 5.10 Å². The number of H-pyrrole nitrogens is 1. The van der Waals surface area contributed by atoms with Crippen LogP contribution in [0.5, 0.6) is 0 Å². The standard InChI is InChI=1S/C21H13N5/c1-2-4-16(5-3-1)18-8-9-21-24-14-17(26(21)25-18)7-6-15-12-20-19(23-13-15)10-11-22-20/h1-5,8-14,22H. The van der Waals surface area contributed by atoms with Crippen molar-refractivity contribution in [2.24, 2.45) is 0 Å². The van der Waals surface area contributed by atoms with Gasteiger partial charge in [-0.05, 0) is 30.2 Å². The van der Waals surface area contributed by atoms with Gasteiger partial charge in [0.15, 0.2) is 5.65 Å². The Bertz CT molecular complexity index is 1290. The molecule has 0 bridgehead atoms. The van der Waals surface area contributed by atoms with Gasteiger partial charge < -0.3 is 4.98 Å². The van der Waals surface area contributed by atoms with Crippen LogP contribution in [0.2, 0.25) is 0 Å². The van der Waals surface area contributed by atoms with Crippen LogP contribution in [-0.4, -0.2) is 24.6 Å². The van der Waals surface area contributed by atoms with E-state index in [9.17, 15) is 0 Å². The van der Waals surface area contributed by atoms with Crippen LogP contribution in [-0.2, 0) is 0 Å². The molecule has 0 fully saturated rings. The van der Waals surface area contributed by atoms with Gasteiger partial charge in [-0.3, -0.25) is 4.98 Å². The minimum Gasteiger partial charge on any atom is -0.360 e. The van der Waals surface area contributed by atoms with Gasteiger partial charge in [0.2, 0.25) is 0 Å². The van der Waals surface area contributed by atoms with Crippen LogP contribution in [0.15, 0.2) is 73.2 Å². The smallest absolute Gasteiger partial charge is 0.154 e. The number of benzene rings is 1. The second-order valence-corrected chi connectivity index (χ2v) is 5.88. The molecule has 0 radical (unpaired) electrons. The maximum atomic E-state index is 4.69. The van der Waals surface area contributed by atoms with E-state index >= 15 is 0 Å². The van der Waals surface area contributed by atoms with E-state index in [1.807, 2.05) is 60.8 Å². The second-order valence-electron chi connectivity index (χ2n) is 5.88. The number of imidazole rings is 1. The fourth-order valence-electron chi connectivity index (χ4n) is 2.86. The highest BCUT2D eigenvalue weighted by Crippen LogP contribution is 2.17. The van der Waals surface area contributed by atoms with Crippen LogP contribution >= 0.6 is 0 Å². The molecule has 4 heterocycles. The molecule has 0 atom stereocenters. The molecule has 4 aromatic heterocycles. The molecular weight excluding hydrogens is 322 g/mol. The summed E-state index contributed by atoms with van der Waals surface area (Å²) in [7, 11) is 0. The van der Waals surface area contributed by atoms with Crippen LogP contribution in [0.1, 0.15) is 11.3 Å². The van der Waals surface area contributed by atoms with E-state index in [-0.39, 0.29) is 0 Å². The molecule has 0 unspecified atom stereocenters. The van der Waals surface area contributed by atoms with Gasteiger partial charge in [-0.15, -0.1) is 0 Å². The highest BCUT2D eigenvalue weighted by atomic mass is 15.3. The molecule has 26 heavy (non-hydrogen) atoms. The zero-order valence-electron chi connectivity index (χ0n) is 13.7. The van der Waals surface area contributed by atoms with Crippen molar-refractivity contribution in [3.05, 3.63) is 84.4 Å². The summed E-state index contributed by atoms with van der Waals surface area (Å²) in [6.45, 7) is 0. The summed E-state index contributed by atoms with van der Waals surface area (Å²) < 4.78 is 1.77. The molecule has 0 aliphatic carbocycles. The Morgan fingerprint density at radius 3 is 2.73 bits per heavy atom. The number of hydrogen-bond donors (Lipinski definition) is 1. The summed E-state index contributed by atoms with van der Waals surface area (Å²) >= 11 is 0. The summed E-state index contributed by atoms with van der Waals surface area (Å²) in [6, 6.07) is 17.9. The van der Waals surface area contributed by atoms with Crippen molar-refractivity contribution in [1.82, 2.24) is 24.6 Å². The zero-order chi connectivity index (χ0) is 17.3. The van der Waals surface area contributed by atoms with E-state index < -0.39 is 0 Å². The molecule has 5 aromatic rings. The quantitative estimate of drug-likeness (QED) is 0.476. The molecule has 5 heteroatoms. The molecule has 0 saturated carbocycles. The molecular formula is C21H13N5. The first kappa shape index (κ1) is 14.4. The fraction of sp³-hybridized carbons (Fsp3) is 0. The van der Waals surface area contributed by atoms with Crippen LogP contribution in [0.25, 0.3) is 27.9 Å². The number of pyridine rings is 1. The first-order valence-corrected chi connectivity index (χ1v) is 8.22. The number of hydrogen-bond acceptors (Lipinski definition) is 3. The maximum absolute atomic E-state index is 4.69. The molecule has 0 saturated heterocycles. The van der Waals surface area contributed by atoms with Crippen molar-refractivity contribution in [2.75, 3.05) is 0 Å². The Morgan fingerprint density at radius 2 is 1.81 bits per heavy atom. The van der Waals surface area contributed by atoms with Gasteiger partial charge in [0.1, 0.15) is 5.69 Å². The van der Waals surface area contributed by atoms with Gasteiger partial charge in [0.25, 0.3) is 0 Å². The Hall–Kier alpha value is -3.91. The SMILES string of the molecule is C(#Cc1cnc2ccc(-c3ccccc3)nn12)c1cnc2cc[nH]c2c1. The maximum Gasteiger partial charge on any atom is 0.154 e. The Kier molecular flexibility index (Phi) is 3.26. The molecule has 1 aromatic carbocycles. The van der Waals surface area contributed by atoms with E-state index in [2.05, 4.69) is 31.9 Å². The van der Waals surface area contributed by atoms with E-state index in [0.29, 0.717) is 0 Å². The van der Waals surface area contributed by atoms with Crippen molar-refractivity contribution in [3.63, 3.8) is 0 Å². The van der Waals surface area contributed by atoms with E-state index in [1.54, 1.807) is 16.9 Å². The van der Waals surface area contributed by atoms with Gasteiger partial charge in [0.05, 0.1) is 22.9 Å². The van der Waals surface area contributed by atoms with Gasteiger partial charge >= 0.3 is 0 Å². The van der Waals surface area contributed by atoms with E-state index in [1.165, 1.54) is 0 Å². The lowest BCUT2D eigenvalue weighted by Gasteiger charge is -2.01. The highest BCUT2D eigenvalue weighted by molar-refractivity contribution is 5.76. The number of nitrogens with zero attached hydrogens (tertiary/aromatic N) is 4. The Balaban J connectivity index is 1.57. The van der Waals surface area contributed by atoms with Gasteiger partial charge in [0, 0.05) is 23.5 Å². The average Bonchev–Trinajstić information content (AvgIpc) is 3.33. The molecule has 5 rings (SSSR count). The van der Waals surface area contributed by atoms with E-state index in [4.69, 9.17) is 0 Å². The van der Waals surface area contributed by atoms with Crippen LogP contribution in [0.4, 0.5) is 0 Å². The van der Waals surface area contributed by atoms with Crippen LogP contribution in [0, 0.1) is 11.8 Å². The van der Waals surface area contributed by atoms with Crippen molar-refractivity contribution in [1.29, 1.82) is 0 Å². The summed E-state index contributed by atoms with van der Waals surface area (Å²) in [4.78, 5) is 11.9. The predicted molar refractivity (Wildman–Crippen MR) is 100 cm³/mol. The number of nitrogens with one attached hydrogen (secondary N) is 1. The van der Waals surface area contributed by atoms with Crippen molar-refractivity contribution >= 4 is 16.7 Å². The third-order valence-electron chi connectivity index (χ3n) is 4.17. The Morgan fingerprint density at radius 1 is 0.885 bits per heavy atom. The molecule has 0 aliphatic rings. The van der Waals surface area contributed by atoms with Gasteiger partial charge in [-0.1, -0.05) is 36.3 Å². The molecule has 1 N–H and O–H groups in total. The van der Waals surface area contributed by atoms with Crippen LogP contribution in [0.3, 0.4) is 0 Å². The summed E-state index contributed by atoms with van der Waals surface area (Å²) in [5, 5.41) is 4.69. The number of rotatable bonds is 1. The number of aromatic amines is 1. The molecule has 0 aliphatic heterocycles. The molecule has 0 amide bonds. The minimum absolute atomic E-state index is 0.740. The van der Waals surface area contributed by atoms with E-state index in [0.717, 1.165) is 39.2 Å². The molecule has 122 valence electrons. The predicted octanol–water partition coefficient (Wildman–Crippen LogP) is 3.67. The number of fused-ring (bicyclic) bond motifs is 2. The number of aromatic nitrogens is 5. The van der Waals surface area contributed by atoms with Crippen molar-refractivity contribution < 1.29 is 0 Å². The lowest BCUT2D eigenvalue weighted by Crippen LogP contribution is -1.96. The zero-order valence-corrected chi connectivity index (χ0v) is 13.7. The third kappa shape index (κ3) is 2.50. The topological polar surface area (TPSA) is 58.9 Å². The summed E-state index contributed by atoms with van der Waals surface area (Å²) in [6.07, 6.45) is 5.38. The van der Waals surface area contributed by atoms with Gasteiger partial charge in [-0.25, -0.2) is 9.50 Å². The highest BCUT2D eigenvalue weighted by Gasteiger charge is 2.05. The van der Waals surface area contributed by atoms with Crippen molar-refractivity contribution in [3.8, 4) is 23.1 Å². The molecule has 5 nitrogen and oxygen atoms in total. The Labute approximate surface area is 149 Å². The lowest BCUT2D eigenvalue weighted by atomic mass is 10.1. The van der Waals surface area contributed by atoms with Crippen LogP contribution < -0.4 is 0 Å².